The second kappa shape index (κ2) is 7.54. The molecular weight excluding hydrogens is 212 g/mol. The van der Waals surface area contributed by atoms with Crippen LogP contribution in [-0.2, 0) is 9.53 Å². The van der Waals surface area contributed by atoms with Gasteiger partial charge in [0.25, 0.3) is 0 Å². The summed E-state index contributed by atoms with van der Waals surface area (Å²) >= 11 is 0. The summed E-state index contributed by atoms with van der Waals surface area (Å²) in [5, 5.41) is 11.1. The number of hydrogen-bond donors (Lipinski definition) is 2. The van der Waals surface area contributed by atoms with Gasteiger partial charge in [-0.2, -0.15) is 0 Å². The third-order valence-electron chi connectivity index (χ3n) is 1.88. The second-order valence-electron chi connectivity index (χ2n) is 3.01. The van der Waals surface area contributed by atoms with Gasteiger partial charge in [0, 0.05) is 13.7 Å². The first-order chi connectivity index (χ1) is 7.56. The summed E-state index contributed by atoms with van der Waals surface area (Å²) in [5.41, 5.74) is 0. The lowest BCUT2D eigenvalue weighted by molar-refractivity contribution is -0.140. The van der Waals surface area contributed by atoms with Crippen molar-refractivity contribution >= 4 is 12.0 Å². The number of urea groups is 1. The molecule has 2 amide bonds. The number of nitrogens with zero attached hydrogens (tertiary/aromatic N) is 1. The summed E-state index contributed by atoms with van der Waals surface area (Å²) in [6.07, 6.45) is 5.08. The smallest absolute Gasteiger partial charge is 0.328 e. The van der Waals surface area contributed by atoms with Crippen LogP contribution >= 0.6 is 0 Å². The van der Waals surface area contributed by atoms with E-state index >= 15 is 0 Å². The van der Waals surface area contributed by atoms with E-state index in [0.717, 1.165) is 0 Å². The molecule has 0 rings (SSSR count). The summed E-state index contributed by atoms with van der Waals surface area (Å²) in [5.74, 6) is 1.17. The van der Waals surface area contributed by atoms with Crippen LogP contribution in [0.5, 0.6) is 0 Å². The standard InChI is InChI=1S/C10H16N2O4/c1-4-6-12(5-2)10(15)11-8(7-16-3)9(13)14/h1,8H,5-7H2,2-3H3,(H,11,15)(H,13,14). The highest BCUT2D eigenvalue weighted by atomic mass is 16.5. The molecule has 0 fully saturated rings. The average Bonchev–Trinajstić information content (AvgIpc) is 2.24. The highest BCUT2D eigenvalue weighted by molar-refractivity contribution is 5.82. The lowest BCUT2D eigenvalue weighted by atomic mass is 10.3. The Balaban J connectivity index is 4.38. The van der Waals surface area contributed by atoms with Gasteiger partial charge in [-0.3, -0.25) is 0 Å². The van der Waals surface area contributed by atoms with E-state index in [4.69, 9.17) is 11.5 Å². The van der Waals surface area contributed by atoms with E-state index in [0.29, 0.717) is 6.54 Å². The van der Waals surface area contributed by atoms with Crippen molar-refractivity contribution in [3.05, 3.63) is 0 Å². The van der Waals surface area contributed by atoms with Crippen molar-refractivity contribution in [2.24, 2.45) is 0 Å². The van der Waals surface area contributed by atoms with E-state index in [2.05, 4.69) is 16.0 Å². The third kappa shape index (κ3) is 4.66. The zero-order valence-electron chi connectivity index (χ0n) is 9.40. The number of rotatable bonds is 6. The van der Waals surface area contributed by atoms with Crippen molar-refractivity contribution in [1.82, 2.24) is 10.2 Å². The molecule has 0 aliphatic rings. The molecule has 90 valence electrons. The van der Waals surface area contributed by atoms with Gasteiger partial charge < -0.3 is 20.1 Å². The SMILES string of the molecule is C#CCN(CC)C(=O)NC(COC)C(=O)O. The zero-order chi connectivity index (χ0) is 12.6. The minimum Gasteiger partial charge on any atom is -0.480 e. The Hall–Kier alpha value is -1.74. The summed E-state index contributed by atoms with van der Waals surface area (Å²) in [7, 11) is 1.36. The van der Waals surface area contributed by atoms with Gasteiger partial charge >= 0.3 is 12.0 Å². The maximum atomic E-state index is 11.6. The molecule has 2 N–H and O–H groups in total. The maximum Gasteiger partial charge on any atom is 0.328 e. The van der Waals surface area contributed by atoms with Crippen molar-refractivity contribution in [2.45, 2.75) is 13.0 Å². The van der Waals surface area contributed by atoms with E-state index in [-0.39, 0.29) is 13.2 Å². The van der Waals surface area contributed by atoms with Gasteiger partial charge in [0.2, 0.25) is 0 Å². The van der Waals surface area contributed by atoms with E-state index in [1.807, 2.05) is 0 Å². The molecule has 0 spiro atoms. The Kier molecular flexibility index (Phi) is 6.72. The number of amides is 2. The van der Waals surface area contributed by atoms with E-state index in [9.17, 15) is 9.59 Å². The molecule has 0 heterocycles. The Morgan fingerprint density at radius 3 is 2.62 bits per heavy atom. The number of carboxylic acids is 1. The number of ether oxygens (including phenoxy) is 1. The zero-order valence-corrected chi connectivity index (χ0v) is 9.40. The summed E-state index contributed by atoms with van der Waals surface area (Å²) < 4.78 is 4.69. The van der Waals surface area contributed by atoms with Crippen LogP contribution in [0.3, 0.4) is 0 Å². The number of carbonyl (C=O) groups excluding carboxylic acids is 1. The monoisotopic (exact) mass is 228 g/mol. The number of terminal acetylenes is 1. The topological polar surface area (TPSA) is 78.9 Å². The molecule has 0 aromatic carbocycles. The number of nitrogens with one attached hydrogen (secondary N) is 1. The molecule has 0 aromatic rings. The lowest BCUT2D eigenvalue weighted by Crippen LogP contribution is -2.49. The van der Waals surface area contributed by atoms with Crippen LogP contribution in [0, 0.1) is 12.3 Å². The van der Waals surface area contributed by atoms with E-state index in [1.54, 1.807) is 6.92 Å². The molecule has 0 aliphatic carbocycles. The summed E-state index contributed by atoms with van der Waals surface area (Å²) in [6, 6.07) is -1.57. The quantitative estimate of drug-likeness (QED) is 0.614. The first-order valence-corrected chi connectivity index (χ1v) is 4.77. The number of hydrogen-bond acceptors (Lipinski definition) is 3. The first-order valence-electron chi connectivity index (χ1n) is 4.77. The fourth-order valence-corrected chi connectivity index (χ4v) is 1.02. The molecule has 0 radical (unpaired) electrons. The number of carbonyl (C=O) groups is 2. The highest BCUT2D eigenvalue weighted by Crippen LogP contribution is 1.92. The Morgan fingerprint density at radius 2 is 2.25 bits per heavy atom. The van der Waals surface area contributed by atoms with Gasteiger partial charge in [-0.1, -0.05) is 5.92 Å². The van der Waals surface area contributed by atoms with Crippen molar-refractivity contribution in [2.75, 3.05) is 26.8 Å². The lowest BCUT2D eigenvalue weighted by Gasteiger charge is -2.21. The molecule has 0 aliphatic heterocycles. The minimum absolute atomic E-state index is 0.0886. The minimum atomic E-state index is -1.15. The van der Waals surface area contributed by atoms with Gasteiger partial charge in [-0.05, 0) is 6.92 Å². The number of carboxylic acid groups (broad SMARTS) is 1. The first kappa shape index (κ1) is 14.3. The average molecular weight is 228 g/mol. The predicted octanol–water partition coefficient (Wildman–Crippen LogP) is -0.249. The molecule has 0 saturated heterocycles. The van der Waals surface area contributed by atoms with Crippen molar-refractivity contribution in [3.8, 4) is 12.3 Å². The van der Waals surface area contributed by atoms with Gasteiger partial charge in [0.05, 0.1) is 13.2 Å². The molecule has 1 atom stereocenters. The van der Waals surface area contributed by atoms with Gasteiger partial charge in [0.15, 0.2) is 6.04 Å². The van der Waals surface area contributed by atoms with E-state index in [1.165, 1.54) is 12.0 Å². The van der Waals surface area contributed by atoms with Crippen LogP contribution < -0.4 is 5.32 Å². The van der Waals surface area contributed by atoms with Crippen LogP contribution in [0.2, 0.25) is 0 Å². The van der Waals surface area contributed by atoms with Crippen molar-refractivity contribution in [3.63, 3.8) is 0 Å². The van der Waals surface area contributed by atoms with Crippen LogP contribution in [0.1, 0.15) is 6.92 Å². The molecule has 6 heteroatoms. The van der Waals surface area contributed by atoms with Crippen LogP contribution in [0.4, 0.5) is 4.79 Å². The summed E-state index contributed by atoms with van der Waals surface area (Å²) in [6.45, 7) is 2.22. The fourth-order valence-electron chi connectivity index (χ4n) is 1.02. The fraction of sp³-hybridized carbons (Fsp3) is 0.600. The predicted molar refractivity (Wildman–Crippen MR) is 57.9 cm³/mol. The molecule has 1 unspecified atom stereocenters. The Labute approximate surface area is 94.6 Å². The molecule has 0 bridgehead atoms. The molecule has 0 aromatic heterocycles. The normalized spacial score (nSPS) is 11.3. The third-order valence-corrected chi connectivity index (χ3v) is 1.88. The van der Waals surface area contributed by atoms with Crippen molar-refractivity contribution in [1.29, 1.82) is 0 Å². The van der Waals surface area contributed by atoms with Crippen molar-refractivity contribution < 1.29 is 19.4 Å². The second-order valence-corrected chi connectivity index (χ2v) is 3.01. The van der Waals surface area contributed by atoms with Crippen LogP contribution in [0.25, 0.3) is 0 Å². The van der Waals surface area contributed by atoms with Gasteiger partial charge in [0.1, 0.15) is 0 Å². The van der Waals surface area contributed by atoms with E-state index < -0.39 is 18.0 Å². The molecule has 0 saturated carbocycles. The highest BCUT2D eigenvalue weighted by Gasteiger charge is 2.21. The Morgan fingerprint density at radius 1 is 1.62 bits per heavy atom. The Bertz CT molecular complexity index is 285. The molecule has 16 heavy (non-hydrogen) atoms. The van der Waals surface area contributed by atoms with Gasteiger partial charge in [-0.25, -0.2) is 9.59 Å². The largest absolute Gasteiger partial charge is 0.480 e. The number of aliphatic carboxylic acids is 1. The number of methoxy groups -OCH3 is 1. The van der Waals surface area contributed by atoms with Gasteiger partial charge in [-0.15, -0.1) is 6.42 Å². The van der Waals surface area contributed by atoms with Crippen LogP contribution in [0.15, 0.2) is 0 Å². The summed E-state index contributed by atoms with van der Waals surface area (Å²) in [4.78, 5) is 23.6. The maximum absolute atomic E-state index is 11.6. The van der Waals surface area contributed by atoms with Crippen LogP contribution in [-0.4, -0.2) is 54.9 Å². The molecule has 6 nitrogen and oxygen atoms in total. The molecular formula is C10H16N2O4.